The fraction of sp³-hybridized carbons (Fsp3) is 0.500. The summed E-state index contributed by atoms with van der Waals surface area (Å²) < 4.78 is 18.9. The molecule has 0 aromatic heterocycles. The molecule has 0 aliphatic heterocycles. The first-order valence-corrected chi connectivity index (χ1v) is 7.00. The quantitative estimate of drug-likeness (QED) is 0.424. The smallest absolute Gasteiger partial charge is 0.128 e. The lowest BCUT2D eigenvalue weighted by Gasteiger charge is -2.10. The van der Waals surface area contributed by atoms with E-state index >= 15 is 0 Å². The highest BCUT2D eigenvalue weighted by atomic mass is 19.1. The minimum absolute atomic E-state index is 0.222. The molecule has 2 nitrogen and oxygen atoms in total. The molecule has 1 aromatic carbocycles. The Hall–Kier alpha value is -1.13. The van der Waals surface area contributed by atoms with Gasteiger partial charge in [-0.2, -0.15) is 0 Å². The van der Waals surface area contributed by atoms with Crippen LogP contribution in [0.4, 0.5) is 4.39 Å². The molecule has 0 aliphatic rings. The summed E-state index contributed by atoms with van der Waals surface area (Å²) in [5.41, 5.74) is 2.06. The van der Waals surface area contributed by atoms with E-state index in [2.05, 4.69) is 25.7 Å². The Kier molecular flexibility index (Phi) is 7.56. The van der Waals surface area contributed by atoms with Crippen molar-refractivity contribution < 1.29 is 9.13 Å². The van der Waals surface area contributed by atoms with Crippen molar-refractivity contribution in [1.82, 2.24) is 5.32 Å². The van der Waals surface area contributed by atoms with E-state index in [1.54, 1.807) is 12.1 Å². The van der Waals surface area contributed by atoms with Crippen molar-refractivity contribution in [2.45, 2.75) is 39.3 Å². The second kappa shape index (κ2) is 8.93. The van der Waals surface area contributed by atoms with Crippen LogP contribution >= 0.6 is 0 Å². The molecule has 1 aromatic rings. The lowest BCUT2D eigenvalue weighted by atomic mass is 9.94. The summed E-state index contributed by atoms with van der Waals surface area (Å²) in [6.45, 7) is 9.87. The summed E-state index contributed by atoms with van der Waals surface area (Å²) in [7, 11) is 5.62. The Balaban J connectivity index is 2.20. The average molecular weight is 275 g/mol. The van der Waals surface area contributed by atoms with Crippen molar-refractivity contribution in [2.24, 2.45) is 0 Å². The first kappa shape index (κ1) is 16.9. The van der Waals surface area contributed by atoms with Gasteiger partial charge in [-0.15, -0.1) is 0 Å². The normalized spacial score (nSPS) is 11.0. The molecule has 0 spiro atoms. The Bertz CT molecular complexity index is 434. The van der Waals surface area contributed by atoms with Crippen LogP contribution in [0.3, 0.4) is 0 Å². The highest BCUT2D eigenvalue weighted by molar-refractivity contribution is 6.32. The summed E-state index contributed by atoms with van der Waals surface area (Å²) in [6, 6.07) is 5.01. The molecule has 0 atom stereocenters. The molecule has 0 fully saturated rings. The van der Waals surface area contributed by atoms with E-state index < -0.39 is 0 Å². The maximum absolute atomic E-state index is 13.5. The SMILES string of the molecule is [B]c1ccc(F)c(COCC(=C)CCCNC(C)C)c1. The molecular formula is C16H23BFNO. The number of ether oxygens (including phenoxy) is 1. The zero-order chi connectivity index (χ0) is 15.0. The lowest BCUT2D eigenvalue weighted by Crippen LogP contribution is -2.23. The Morgan fingerprint density at radius 3 is 2.90 bits per heavy atom. The molecule has 0 saturated heterocycles. The molecule has 0 bridgehead atoms. The van der Waals surface area contributed by atoms with Gasteiger partial charge in [0.1, 0.15) is 13.7 Å². The zero-order valence-corrected chi connectivity index (χ0v) is 12.4. The first-order chi connectivity index (χ1) is 9.49. The molecule has 0 aliphatic carbocycles. The van der Waals surface area contributed by atoms with Gasteiger partial charge in [0.2, 0.25) is 0 Å². The zero-order valence-electron chi connectivity index (χ0n) is 12.4. The van der Waals surface area contributed by atoms with Gasteiger partial charge in [-0.3, -0.25) is 0 Å². The monoisotopic (exact) mass is 275 g/mol. The Morgan fingerprint density at radius 2 is 2.20 bits per heavy atom. The van der Waals surface area contributed by atoms with Gasteiger partial charge in [0.15, 0.2) is 0 Å². The highest BCUT2D eigenvalue weighted by Gasteiger charge is 2.03. The summed E-state index contributed by atoms with van der Waals surface area (Å²) in [5.74, 6) is -0.286. The van der Waals surface area contributed by atoms with Crippen LogP contribution in [0.5, 0.6) is 0 Å². The minimum atomic E-state index is -0.286. The minimum Gasteiger partial charge on any atom is -0.372 e. The molecule has 1 N–H and O–H groups in total. The Morgan fingerprint density at radius 1 is 1.45 bits per heavy atom. The number of hydrogen-bond acceptors (Lipinski definition) is 2. The van der Waals surface area contributed by atoms with Crippen LogP contribution in [0, 0.1) is 5.82 Å². The molecule has 2 radical (unpaired) electrons. The van der Waals surface area contributed by atoms with Crippen molar-refractivity contribution in [2.75, 3.05) is 13.2 Å². The maximum Gasteiger partial charge on any atom is 0.128 e. The summed E-state index contributed by atoms with van der Waals surface area (Å²) >= 11 is 0. The van der Waals surface area contributed by atoms with Crippen molar-refractivity contribution in [3.63, 3.8) is 0 Å². The third-order valence-electron chi connectivity index (χ3n) is 2.89. The van der Waals surface area contributed by atoms with Crippen molar-refractivity contribution in [3.8, 4) is 0 Å². The molecular weight excluding hydrogens is 252 g/mol. The first-order valence-electron chi connectivity index (χ1n) is 7.00. The fourth-order valence-electron chi connectivity index (χ4n) is 1.81. The second-order valence-electron chi connectivity index (χ2n) is 5.31. The van der Waals surface area contributed by atoms with Crippen molar-refractivity contribution in [1.29, 1.82) is 0 Å². The van der Waals surface area contributed by atoms with Gasteiger partial charge < -0.3 is 10.1 Å². The number of nitrogens with one attached hydrogen (secondary N) is 1. The molecule has 4 heteroatoms. The van der Waals surface area contributed by atoms with Gasteiger partial charge in [0.05, 0.1) is 13.2 Å². The molecule has 1 rings (SSSR count). The fourth-order valence-corrected chi connectivity index (χ4v) is 1.81. The van der Waals surface area contributed by atoms with E-state index in [0.717, 1.165) is 25.0 Å². The number of hydrogen-bond donors (Lipinski definition) is 1. The van der Waals surface area contributed by atoms with Crippen LogP contribution in [0.15, 0.2) is 30.4 Å². The molecule has 0 heterocycles. The third kappa shape index (κ3) is 6.87. The van der Waals surface area contributed by atoms with Crippen LogP contribution in [0.25, 0.3) is 0 Å². The topological polar surface area (TPSA) is 21.3 Å². The van der Waals surface area contributed by atoms with E-state index in [9.17, 15) is 4.39 Å². The molecule has 0 saturated carbocycles. The summed E-state index contributed by atoms with van der Waals surface area (Å²) in [5, 5.41) is 3.35. The largest absolute Gasteiger partial charge is 0.372 e. The van der Waals surface area contributed by atoms with Gasteiger partial charge in [-0.1, -0.05) is 43.6 Å². The maximum atomic E-state index is 13.5. The predicted molar refractivity (Wildman–Crippen MR) is 83.0 cm³/mol. The summed E-state index contributed by atoms with van der Waals surface area (Å²) in [6.07, 6.45) is 1.95. The van der Waals surface area contributed by atoms with Crippen LogP contribution in [0.2, 0.25) is 0 Å². The number of rotatable bonds is 9. The van der Waals surface area contributed by atoms with Crippen LogP contribution in [-0.4, -0.2) is 27.0 Å². The highest BCUT2D eigenvalue weighted by Crippen LogP contribution is 2.08. The van der Waals surface area contributed by atoms with E-state index in [0.29, 0.717) is 23.7 Å². The van der Waals surface area contributed by atoms with Gasteiger partial charge in [0.25, 0.3) is 0 Å². The number of halogens is 1. The molecule has 0 amide bonds. The summed E-state index contributed by atoms with van der Waals surface area (Å²) in [4.78, 5) is 0. The Labute approximate surface area is 122 Å². The molecule has 0 unspecified atom stereocenters. The van der Waals surface area contributed by atoms with Gasteiger partial charge in [-0.05, 0) is 25.5 Å². The van der Waals surface area contributed by atoms with Gasteiger partial charge in [-0.25, -0.2) is 4.39 Å². The van der Waals surface area contributed by atoms with E-state index in [4.69, 9.17) is 12.6 Å². The van der Waals surface area contributed by atoms with Crippen LogP contribution in [-0.2, 0) is 11.3 Å². The molecule has 20 heavy (non-hydrogen) atoms. The van der Waals surface area contributed by atoms with E-state index in [1.165, 1.54) is 6.07 Å². The van der Waals surface area contributed by atoms with Crippen LogP contribution < -0.4 is 10.8 Å². The van der Waals surface area contributed by atoms with Crippen molar-refractivity contribution >= 4 is 13.3 Å². The van der Waals surface area contributed by atoms with Crippen LogP contribution in [0.1, 0.15) is 32.3 Å². The van der Waals surface area contributed by atoms with E-state index in [-0.39, 0.29) is 12.4 Å². The average Bonchev–Trinajstić information content (AvgIpc) is 2.38. The van der Waals surface area contributed by atoms with Gasteiger partial charge >= 0.3 is 0 Å². The van der Waals surface area contributed by atoms with Gasteiger partial charge in [0, 0.05) is 11.6 Å². The molecule has 108 valence electrons. The predicted octanol–water partition coefficient (Wildman–Crippen LogP) is 2.47. The van der Waals surface area contributed by atoms with Crippen molar-refractivity contribution in [3.05, 3.63) is 41.7 Å². The lowest BCUT2D eigenvalue weighted by molar-refractivity contribution is 0.138. The van der Waals surface area contributed by atoms with E-state index in [1.807, 2.05) is 0 Å². The standard InChI is InChI=1S/C16H23BFNO/c1-12(2)19-8-4-5-13(3)10-20-11-14-9-15(17)6-7-16(14)18/h6-7,9,12,19H,3-5,8,10-11H2,1-2H3. The third-order valence-corrected chi connectivity index (χ3v) is 2.89. The second-order valence-corrected chi connectivity index (χ2v) is 5.31. The number of benzene rings is 1.